The fraction of sp³-hybridized carbons (Fsp3) is 0.316. The Morgan fingerprint density at radius 2 is 2.16 bits per heavy atom. The number of rotatable bonds is 3. The lowest BCUT2D eigenvalue weighted by molar-refractivity contribution is 0.0985. The highest BCUT2D eigenvalue weighted by molar-refractivity contribution is 7.20. The number of para-hydroxylation sites is 1. The van der Waals surface area contributed by atoms with Crippen LogP contribution in [0.25, 0.3) is 10.2 Å². The van der Waals surface area contributed by atoms with Crippen LogP contribution in [0.3, 0.4) is 0 Å². The molecule has 0 bridgehead atoms. The highest BCUT2D eigenvalue weighted by Gasteiger charge is 2.33. The number of amides is 1. The first kappa shape index (κ1) is 16.0. The van der Waals surface area contributed by atoms with Crippen LogP contribution in [0.1, 0.15) is 34.6 Å². The molecule has 1 aliphatic heterocycles. The number of carbonyl (C=O) groups excluding carboxylic acids is 1. The monoisotopic (exact) mass is 353 g/mol. The van der Waals surface area contributed by atoms with Crippen molar-refractivity contribution in [3.05, 3.63) is 46.6 Å². The molecule has 1 amide bonds. The Labute approximate surface area is 150 Å². The largest absolute Gasteiger partial charge is 0.477 e. The van der Waals surface area contributed by atoms with Gasteiger partial charge in [-0.3, -0.25) is 4.79 Å². The summed E-state index contributed by atoms with van der Waals surface area (Å²) in [6.45, 7) is 6.49. The molecule has 1 aliphatic rings. The molecule has 128 valence electrons. The summed E-state index contributed by atoms with van der Waals surface area (Å²) >= 11 is 1.41. The van der Waals surface area contributed by atoms with Crippen molar-refractivity contribution >= 4 is 33.1 Å². The first-order valence-electron chi connectivity index (χ1n) is 8.40. The minimum atomic E-state index is 0.0281. The molecule has 0 spiro atoms. The van der Waals surface area contributed by atoms with Gasteiger partial charge in [0.25, 0.3) is 5.91 Å². The molecule has 0 aliphatic carbocycles. The number of hydrogen-bond acceptors (Lipinski definition) is 5. The van der Waals surface area contributed by atoms with E-state index in [9.17, 15) is 4.79 Å². The highest BCUT2D eigenvalue weighted by atomic mass is 32.1. The number of hydrogen-bond donors (Lipinski definition) is 0. The SMILES string of the molecule is CCOc1ncnc2sc(C(=O)N3c4ccccc4CC3C)c(C)c12. The van der Waals surface area contributed by atoms with E-state index < -0.39 is 0 Å². The average molecular weight is 353 g/mol. The normalized spacial score (nSPS) is 16.3. The van der Waals surface area contributed by atoms with Gasteiger partial charge < -0.3 is 9.64 Å². The van der Waals surface area contributed by atoms with E-state index in [2.05, 4.69) is 23.0 Å². The number of fused-ring (bicyclic) bond motifs is 2. The van der Waals surface area contributed by atoms with E-state index in [0.29, 0.717) is 17.4 Å². The Morgan fingerprint density at radius 1 is 1.36 bits per heavy atom. The molecule has 0 N–H and O–H groups in total. The predicted molar refractivity (Wildman–Crippen MR) is 99.7 cm³/mol. The number of anilines is 1. The Balaban J connectivity index is 1.81. The number of benzene rings is 1. The molecular formula is C19H19N3O2S. The van der Waals surface area contributed by atoms with Gasteiger partial charge in [-0.15, -0.1) is 11.3 Å². The molecule has 0 saturated heterocycles. The van der Waals surface area contributed by atoms with E-state index >= 15 is 0 Å². The number of aryl methyl sites for hydroxylation is 1. The fourth-order valence-corrected chi connectivity index (χ4v) is 4.55. The molecule has 6 heteroatoms. The van der Waals surface area contributed by atoms with E-state index in [1.807, 2.05) is 36.9 Å². The molecule has 0 fully saturated rings. The van der Waals surface area contributed by atoms with Gasteiger partial charge in [0.15, 0.2) is 0 Å². The summed E-state index contributed by atoms with van der Waals surface area (Å²) in [6, 6.07) is 8.26. The predicted octanol–water partition coefficient (Wildman–Crippen LogP) is 3.99. The van der Waals surface area contributed by atoms with Gasteiger partial charge in [0.2, 0.25) is 5.88 Å². The van der Waals surface area contributed by atoms with Crippen LogP contribution in [0, 0.1) is 6.92 Å². The third kappa shape index (κ3) is 2.48. The maximum Gasteiger partial charge on any atom is 0.268 e. The van der Waals surface area contributed by atoms with Gasteiger partial charge in [0, 0.05) is 11.7 Å². The maximum atomic E-state index is 13.3. The Hall–Kier alpha value is -2.47. The van der Waals surface area contributed by atoms with Gasteiger partial charge >= 0.3 is 0 Å². The Bertz CT molecular complexity index is 966. The third-order valence-electron chi connectivity index (χ3n) is 4.59. The van der Waals surface area contributed by atoms with Gasteiger partial charge in [-0.1, -0.05) is 18.2 Å². The molecular weight excluding hydrogens is 334 g/mol. The summed E-state index contributed by atoms with van der Waals surface area (Å²) in [7, 11) is 0. The second kappa shape index (κ2) is 6.11. The topological polar surface area (TPSA) is 55.3 Å². The second-order valence-electron chi connectivity index (χ2n) is 6.21. The summed E-state index contributed by atoms with van der Waals surface area (Å²) in [5, 5.41) is 0.845. The Morgan fingerprint density at radius 3 is 2.96 bits per heavy atom. The maximum absolute atomic E-state index is 13.3. The lowest BCUT2D eigenvalue weighted by Crippen LogP contribution is -2.35. The number of ether oxygens (including phenoxy) is 1. The lowest BCUT2D eigenvalue weighted by Gasteiger charge is -2.22. The van der Waals surface area contributed by atoms with Crippen LogP contribution in [0.4, 0.5) is 5.69 Å². The second-order valence-corrected chi connectivity index (χ2v) is 7.20. The fourth-order valence-electron chi connectivity index (χ4n) is 3.47. The van der Waals surface area contributed by atoms with E-state index in [1.54, 1.807) is 0 Å². The number of carbonyl (C=O) groups is 1. The molecule has 2 aromatic heterocycles. The molecule has 1 atom stereocenters. The summed E-state index contributed by atoms with van der Waals surface area (Å²) in [5.41, 5.74) is 3.12. The van der Waals surface area contributed by atoms with Crippen molar-refractivity contribution in [1.29, 1.82) is 0 Å². The van der Waals surface area contributed by atoms with Crippen LogP contribution in [-0.2, 0) is 6.42 Å². The van der Waals surface area contributed by atoms with Gasteiger partial charge in [-0.05, 0) is 44.4 Å². The average Bonchev–Trinajstić information content (AvgIpc) is 3.12. The molecule has 4 rings (SSSR count). The smallest absolute Gasteiger partial charge is 0.268 e. The zero-order valence-corrected chi connectivity index (χ0v) is 15.3. The van der Waals surface area contributed by atoms with Crippen LogP contribution in [0.5, 0.6) is 5.88 Å². The molecule has 25 heavy (non-hydrogen) atoms. The molecule has 3 aromatic rings. The van der Waals surface area contributed by atoms with Crippen molar-refractivity contribution in [2.24, 2.45) is 0 Å². The van der Waals surface area contributed by atoms with E-state index in [4.69, 9.17) is 4.74 Å². The molecule has 0 saturated carbocycles. The van der Waals surface area contributed by atoms with Crippen LogP contribution >= 0.6 is 11.3 Å². The molecule has 0 radical (unpaired) electrons. The van der Waals surface area contributed by atoms with Crippen molar-refractivity contribution in [3.63, 3.8) is 0 Å². The van der Waals surface area contributed by atoms with E-state index in [0.717, 1.165) is 27.9 Å². The minimum absolute atomic E-state index is 0.0281. The van der Waals surface area contributed by atoms with Gasteiger partial charge in [-0.25, -0.2) is 9.97 Å². The summed E-state index contributed by atoms with van der Waals surface area (Å²) in [6.07, 6.45) is 2.38. The van der Waals surface area contributed by atoms with Crippen molar-refractivity contribution in [3.8, 4) is 5.88 Å². The Kier molecular flexibility index (Phi) is 3.92. The first-order chi connectivity index (χ1) is 12.1. The van der Waals surface area contributed by atoms with Gasteiger partial charge in [0.1, 0.15) is 11.2 Å². The van der Waals surface area contributed by atoms with Gasteiger partial charge in [-0.2, -0.15) is 0 Å². The summed E-state index contributed by atoms with van der Waals surface area (Å²) in [4.78, 5) is 25.3. The zero-order chi connectivity index (χ0) is 17.6. The standard InChI is InChI=1S/C19H19N3O2S/c1-4-24-17-15-12(3)16(25-18(15)21-10-20-17)19(23)22-11(2)9-13-7-5-6-8-14(13)22/h5-8,10-11H,4,9H2,1-3H3. The van der Waals surface area contributed by atoms with Crippen LogP contribution < -0.4 is 9.64 Å². The number of nitrogens with zero attached hydrogens (tertiary/aromatic N) is 3. The van der Waals surface area contributed by atoms with E-state index in [1.165, 1.54) is 23.2 Å². The summed E-state index contributed by atoms with van der Waals surface area (Å²) in [5.74, 6) is 0.579. The molecule has 3 heterocycles. The van der Waals surface area contributed by atoms with Crippen molar-refractivity contribution in [2.45, 2.75) is 33.2 Å². The van der Waals surface area contributed by atoms with Crippen molar-refractivity contribution in [2.75, 3.05) is 11.5 Å². The van der Waals surface area contributed by atoms with Crippen molar-refractivity contribution in [1.82, 2.24) is 9.97 Å². The lowest BCUT2D eigenvalue weighted by atomic mass is 10.1. The quantitative estimate of drug-likeness (QED) is 0.714. The molecule has 1 unspecified atom stereocenters. The zero-order valence-electron chi connectivity index (χ0n) is 14.4. The van der Waals surface area contributed by atoms with Crippen LogP contribution in [0.15, 0.2) is 30.6 Å². The first-order valence-corrected chi connectivity index (χ1v) is 9.21. The molecule has 5 nitrogen and oxygen atoms in total. The highest BCUT2D eigenvalue weighted by Crippen LogP contribution is 2.38. The molecule has 1 aromatic carbocycles. The number of thiophene rings is 1. The van der Waals surface area contributed by atoms with Crippen LogP contribution in [0.2, 0.25) is 0 Å². The van der Waals surface area contributed by atoms with E-state index in [-0.39, 0.29) is 11.9 Å². The number of aromatic nitrogens is 2. The van der Waals surface area contributed by atoms with Crippen molar-refractivity contribution < 1.29 is 9.53 Å². The van der Waals surface area contributed by atoms with Crippen LogP contribution in [-0.4, -0.2) is 28.5 Å². The summed E-state index contributed by atoms with van der Waals surface area (Å²) < 4.78 is 5.63. The third-order valence-corrected chi connectivity index (χ3v) is 5.78. The minimum Gasteiger partial charge on any atom is -0.477 e. The van der Waals surface area contributed by atoms with Gasteiger partial charge in [0.05, 0.1) is 16.9 Å².